The molecule has 1 N–H and O–H groups in total. The Kier molecular flexibility index (Phi) is 3.79. The molecule has 1 aromatic rings. The Balaban J connectivity index is 2.17. The van der Waals surface area contributed by atoms with Gasteiger partial charge in [-0.05, 0) is 36.6 Å². The van der Waals surface area contributed by atoms with Crippen molar-refractivity contribution < 1.29 is 4.79 Å². The second kappa shape index (κ2) is 5.32. The highest BCUT2D eigenvalue weighted by atomic mass is 16.2. The van der Waals surface area contributed by atoms with Crippen LogP contribution < -0.4 is 10.2 Å². The molecule has 3 nitrogen and oxygen atoms in total. The zero-order chi connectivity index (χ0) is 12.3. The Hall–Kier alpha value is -1.35. The SMILES string of the molecule is CC(C)c1ccc(N2CCCNCC2=O)cc1. The van der Waals surface area contributed by atoms with Crippen molar-refractivity contribution in [3.63, 3.8) is 0 Å². The van der Waals surface area contributed by atoms with Crippen LogP contribution in [-0.4, -0.2) is 25.5 Å². The van der Waals surface area contributed by atoms with E-state index in [0.29, 0.717) is 12.5 Å². The van der Waals surface area contributed by atoms with Crippen molar-refractivity contribution >= 4 is 11.6 Å². The lowest BCUT2D eigenvalue weighted by Gasteiger charge is -2.20. The highest BCUT2D eigenvalue weighted by Crippen LogP contribution is 2.20. The minimum absolute atomic E-state index is 0.166. The molecule has 0 aliphatic carbocycles. The number of carbonyl (C=O) groups is 1. The van der Waals surface area contributed by atoms with Gasteiger partial charge in [-0.3, -0.25) is 4.79 Å². The predicted octanol–water partition coefficient (Wildman–Crippen LogP) is 2.14. The second-order valence-electron chi connectivity index (χ2n) is 4.82. The van der Waals surface area contributed by atoms with Crippen molar-refractivity contribution in [2.75, 3.05) is 24.5 Å². The smallest absolute Gasteiger partial charge is 0.240 e. The lowest BCUT2D eigenvalue weighted by molar-refractivity contribution is -0.117. The molecule has 1 amide bonds. The fourth-order valence-electron chi connectivity index (χ4n) is 2.09. The molecule has 0 radical (unpaired) electrons. The molecule has 92 valence electrons. The minimum atomic E-state index is 0.166. The summed E-state index contributed by atoms with van der Waals surface area (Å²) in [5.41, 5.74) is 2.33. The Morgan fingerprint density at radius 1 is 1.24 bits per heavy atom. The molecule has 1 aliphatic heterocycles. The normalized spacial score (nSPS) is 17.4. The third kappa shape index (κ3) is 2.86. The monoisotopic (exact) mass is 232 g/mol. The van der Waals surface area contributed by atoms with Gasteiger partial charge in [0.1, 0.15) is 0 Å². The summed E-state index contributed by atoms with van der Waals surface area (Å²) in [6.45, 7) is 6.54. The van der Waals surface area contributed by atoms with Crippen LogP contribution in [0.5, 0.6) is 0 Å². The molecular formula is C14H20N2O. The average molecular weight is 232 g/mol. The maximum absolute atomic E-state index is 11.9. The molecule has 0 saturated carbocycles. The Labute approximate surface area is 103 Å². The van der Waals surface area contributed by atoms with E-state index in [2.05, 4.69) is 43.4 Å². The first kappa shape index (κ1) is 12.1. The first-order chi connectivity index (χ1) is 8.18. The van der Waals surface area contributed by atoms with Gasteiger partial charge in [-0.15, -0.1) is 0 Å². The van der Waals surface area contributed by atoms with Crippen molar-refractivity contribution in [2.24, 2.45) is 0 Å². The first-order valence-corrected chi connectivity index (χ1v) is 6.29. The van der Waals surface area contributed by atoms with Crippen LogP contribution in [0.2, 0.25) is 0 Å². The number of hydrogen-bond donors (Lipinski definition) is 1. The number of anilines is 1. The molecule has 0 unspecified atom stereocenters. The van der Waals surface area contributed by atoms with Gasteiger partial charge in [0, 0.05) is 12.2 Å². The van der Waals surface area contributed by atoms with Gasteiger partial charge in [0.25, 0.3) is 0 Å². The number of hydrogen-bond acceptors (Lipinski definition) is 2. The zero-order valence-electron chi connectivity index (χ0n) is 10.6. The Morgan fingerprint density at radius 2 is 1.94 bits per heavy atom. The number of nitrogens with one attached hydrogen (secondary N) is 1. The molecule has 0 aromatic heterocycles. The average Bonchev–Trinajstić information content (AvgIpc) is 2.54. The highest BCUT2D eigenvalue weighted by molar-refractivity contribution is 5.95. The van der Waals surface area contributed by atoms with E-state index >= 15 is 0 Å². The van der Waals surface area contributed by atoms with E-state index in [4.69, 9.17) is 0 Å². The summed E-state index contributed by atoms with van der Waals surface area (Å²) < 4.78 is 0. The van der Waals surface area contributed by atoms with Gasteiger partial charge in [0.15, 0.2) is 0 Å². The summed E-state index contributed by atoms with van der Waals surface area (Å²) in [6.07, 6.45) is 1.01. The summed E-state index contributed by atoms with van der Waals surface area (Å²) >= 11 is 0. The summed E-state index contributed by atoms with van der Waals surface area (Å²) in [6, 6.07) is 8.34. The molecule has 17 heavy (non-hydrogen) atoms. The largest absolute Gasteiger partial charge is 0.311 e. The molecule has 0 spiro atoms. The van der Waals surface area contributed by atoms with Crippen molar-refractivity contribution in [2.45, 2.75) is 26.2 Å². The fraction of sp³-hybridized carbons (Fsp3) is 0.500. The van der Waals surface area contributed by atoms with E-state index in [0.717, 1.165) is 25.2 Å². The van der Waals surface area contributed by atoms with Crippen LogP contribution in [-0.2, 0) is 4.79 Å². The van der Waals surface area contributed by atoms with Crippen LogP contribution in [0.15, 0.2) is 24.3 Å². The van der Waals surface area contributed by atoms with Gasteiger partial charge >= 0.3 is 0 Å². The van der Waals surface area contributed by atoms with Crippen molar-refractivity contribution in [1.82, 2.24) is 5.32 Å². The molecule has 1 saturated heterocycles. The van der Waals surface area contributed by atoms with Gasteiger partial charge in [0.2, 0.25) is 5.91 Å². The maximum atomic E-state index is 11.9. The van der Waals surface area contributed by atoms with E-state index in [1.807, 2.05) is 4.90 Å². The number of amides is 1. The van der Waals surface area contributed by atoms with Crippen molar-refractivity contribution in [1.29, 1.82) is 0 Å². The quantitative estimate of drug-likeness (QED) is 0.847. The van der Waals surface area contributed by atoms with E-state index < -0.39 is 0 Å². The Bertz CT molecular complexity index is 384. The fourth-order valence-corrected chi connectivity index (χ4v) is 2.09. The molecule has 2 rings (SSSR count). The third-order valence-corrected chi connectivity index (χ3v) is 3.18. The van der Waals surface area contributed by atoms with Crippen LogP contribution in [0.4, 0.5) is 5.69 Å². The number of rotatable bonds is 2. The van der Waals surface area contributed by atoms with E-state index in [1.165, 1.54) is 5.56 Å². The predicted molar refractivity (Wildman–Crippen MR) is 70.4 cm³/mol. The molecule has 0 bridgehead atoms. The second-order valence-corrected chi connectivity index (χ2v) is 4.82. The molecule has 1 heterocycles. The molecule has 1 aromatic carbocycles. The van der Waals surface area contributed by atoms with E-state index in [-0.39, 0.29) is 5.91 Å². The molecular weight excluding hydrogens is 212 g/mol. The lowest BCUT2D eigenvalue weighted by atomic mass is 10.0. The number of benzene rings is 1. The molecule has 1 fully saturated rings. The number of carbonyl (C=O) groups excluding carboxylic acids is 1. The van der Waals surface area contributed by atoms with Crippen LogP contribution >= 0.6 is 0 Å². The van der Waals surface area contributed by atoms with E-state index in [9.17, 15) is 4.79 Å². The van der Waals surface area contributed by atoms with Gasteiger partial charge in [-0.2, -0.15) is 0 Å². The van der Waals surface area contributed by atoms with Crippen molar-refractivity contribution in [3.8, 4) is 0 Å². The van der Waals surface area contributed by atoms with Crippen LogP contribution in [0.1, 0.15) is 31.7 Å². The van der Waals surface area contributed by atoms with Gasteiger partial charge in [-0.1, -0.05) is 26.0 Å². The number of nitrogens with zero attached hydrogens (tertiary/aromatic N) is 1. The molecule has 3 heteroatoms. The van der Waals surface area contributed by atoms with Crippen LogP contribution in [0.25, 0.3) is 0 Å². The summed E-state index contributed by atoms with van der Waals surface area (Å²) in [7, 11) is 0. The summed E-state index contributed by atoms with van der Waals surface area (Å²) in [5, 5.41) is 3.14. The van der Waals surface area contributed by atoms with Crippen molar-refractivity contribution in [3.05, 3.63) is 29.8 Å². The molecule has 1 aliphatic rings. The van der Waals surface area contributed by atoms with Crippen LogP contribution in [0.3, 0.4) is 0 Å². The highest BCUT2D eigenvalue weighted by Gasteiger charge is 2.17. The van der Waals surface area contributed by atoms with E-state index in [1.54, 1.807) is 0 Å². The van der Waals surface area contributed by atoms with Crippen LogP contribution in [0, 0.1) is 0 Å². The van der Waals surface area contributed by atoms with Gasteiger partial charge in [-0.25, -0.2) is 0 Å². The first-order valence-electron chi connectivity index (χ1n) is 6.29. The molecule has 0 atom stereocenters. The van der Waals surface area contributed by atoms with Gasteiger partial charge < -0.3 is 10.2 Å². The topological polar surface area (TPSA) is 32.3 Å². The maximum Gasteiger partial charge on any atom is 0.240 e. The lowest BCUT2D eigenvalue weighted by Crippen LogP contribution is -2.34. The Morgan fingerprint density at radius 3 is 2.59 bits per heavy atom. The minimum Gasteiger partial charge on any atom is -0.311 e. The summed E-state index contributed by atoms with van der Waals surface area (Å²) in [5.74, 6) is 0.699. The zero-order valence-corrected chi connectivity index (χ0v) is 10.6. The third-order valence-electron chi connectivity index (χ3n) is 3.18. The van der Waals surface area contributed by atoms with Gasteiger partial charge in [0.05, 0.1) is 6.54 Å². The summed E-state index contributed by atoms with van der Waals surface area (Å²) in [4.78, 5) is 13.8. The standard InChI is InChI=1S/C14H20N2O/c1-11(2)12-4-6-13(7-5-12)16-9-3-8-15-10-14(16)17/h4-7,11,15H,3,8-10H2,1-2H3.